The Balaban J connectivity index is 0.00000121. The zero-order chi connectivity index (χ0) is 8.27. The van der Waals surface area contributed by atoms with E-state index in [1.807, 2.05) is 0 Å². The van der Waals surface area contributed by atoms with E-state index >= 15 is 0 Å². The molecule has 0 radical (unpaired) electrons. The summed E-state index contributed by atoms with van der Waals surface area (Å²) >= 11 is 0. The molecule has 0 unspecified atom stereocenters. The van der Waals surface area contributed by atoms with Crippen LogP contribution in [-0.4, -0.2) is 11.1 Å². The Kier molecular flexibility index (Phi) is 5.17. The van der Waals surface area contributed by atoms with Crippen molar-refractivity contribution in [1.29, 1.82) is 0 Å². The normalized spacial score (nSPS) is 8.75. The Bertz CT molecular complexity index is 273. The number of aliphatic hydroxyl groups is 1. The van der Waals surface area contributed by atoms with Gasteiger partial charge in [0.1, 0.15) is 0 Å². The van der Waals surface area contributed by atoms with E-state index in [-0.39, 0.29) is 41.7 Å². The molecule has 1 aromatic carbocycles. The van der Waals surface area contributed by atoms with Gasteiger partial charge in [-0.1, -0.05) is 24.3 Å². The van der Waals surface area contributed by atoms with Crippen LogP contribution in [0.25, 0.3) is 0 Å². The molecular formula is C8H7NaO3. The maximum Gasteiger partial charge on any atom is 1.00 e. The van der Waals surface area contributed by atoms with E-state index in [1.165, 1.54) is 6.07 Å². The fourth-order valence-electron chi connectivity index (χ4n) is 0.857. The van der Waals surface area contributed by atoms with E-state index < -0.39 is 5.97 Å². The largest absolute Gasteiger partial charge is 1.00 e. The molecule has 0 aromatic heterocycles. The average molecular weight is 174 g/mol. The molecule has 1 aromatic rings. The van der Waals surface area contributed by atoms with Crippen LogP contribution in [0, 0.1) is 0 Å². The summed E-state index contributed by atoms with van der Waals surface area (Å²) in [6, 6.07) is 6.20. The van der Waals surface area contributed by atoms with Gasteiger partial charge in [-0.3, -0.25) is 0 Å². The zero-order valence-corrected chi connectivity index (χ0v) is 8.78. The molecule has 0 spiro atoms. The Morgan fingerprint density at radius 2 is 2.00 bits per heavy atom. The predicted molar refractivity (Wildman–Crippen MR) is 36.7 cm³/mol. The van der Waals surface area contributed by atoms with Gasteiger partial charge in [-0.2, -0.15) is 0 Å². The Morgan fingerprint density at radius 3 is 2.42 bits per heavy atom. The van der Waals surface area contributed by atoms with Crippen molar-refractivity contribution in [2.45, 2.75) is 6.61 Å². The first-order chi connectivity index (χ1) is 5.25. The van der Waals surface area contributed by atoms with Gasteiger partial charge in [-0.05, 0) is 5.56 Å². The predicted octanol–water partition coefficient (Wildman–Crippen LogP) is -3.45. The van der Waals surface area contributed by atoms with Crippen molar-refractivity contribution in [3.63, 3.8) is 0 Å². The van der Waals surface area contributed by atoms with Crippen molar-refractivity contribution in [1.82, 2.24) is 0 Å². The molecular weight excluding hydrogens is 167 g/mol. The third-order valence-electron chi connectivity index (χ3n) is 1.41. The number of carbonyl (C=O) groups is 1. The summed E-state index contributed by atoms with van der Waals surface area (Å²) in [6.07, 6.45) is 0. The monoisotopic (exact) mass is 174 g/mol. The molecule has 0 atom stereocenters. The summed E-state index contributed by atoms with van der Waals surface area (Å²) in [5.41, 5.74) is 0.433. The first-order valence-electron chi connectivity index (χ1n) is 3.16. The quantitative estimate of drug-likeness (QED) is 0.474. The fraction of sp³-hybridized carbons (Fsp3) is 0.125. The zero-order valence-electron chi connectivity index (χ0n) is 6.78. The van der Waals surface area contributed by atoms with Gasteiger partial charge in [-0.25, -0.2) is 0 Å². The first kappa shape index (κ1) is 11.6. The number of carboxylic acids is 1. The maximum absolute atomic E-state index is 10.4. The van der Waals surface area contributed by atoms with Gasteiger partial charge in [0.2, 0.25) is 0 Å². The molecule has 1 rings (SSSR count). The van der Waals surface area contributed by atoms with E-state index in [4.69, 9.17) is 5.11 Å². The van der Waals surface area contributed by atoms with E-state index in [2.05, 4.69) is 0 Å². The number of carboxylic acid groups (broad SMARTS) is 1. The summed E-state index contributed by atoms with van der Waals surface area (Å²) in [6.45, 7) is -0.274. The van der Waals surface area contributed by atoms with Gasteiger partial charge < -0.3 is 15.0 Å². The SMILES string of the molecule is O=C([O-])c1ccccc1CO.[Na+]. The van der Waals surface area contributed by atoms with Gasteiger partial charge >= 0.3 is 29.6 Å². The molecule has 3 nitrogen and oxygen atoms in total. The van der Waals surface area contributed by atoms with E-state index in [0.29, 0.717) is 5.56 Å². The fourth-order valence-corrected chi connectivity index (χ4v) is 0.857. The Morgan fingerprint density at radius 1 is 1.42 bits per heavy atom. The van der Waals surface area contributed by atoms with Crippen molar-refractivity contribution in [3.05, 3.63) is 35.4 Å². The molecule has 0 aliphatic heterocycles. The average Bonchev–Trinajstić information content (AvgIpc) is 2.04. The van der Waals surface area contributed by atoms with Crippen LogP contribution in [0.5, 0.6) is 0 Å². The first-order valence-corrected chi connectivity index (χ1v) is 3.16. The minimum atomic E-state index is -1.25. The number of aromatic carboxylic acids is 1. The second-order valence-electron chi connectivity index (χ2n) is 2.10. The molecule has 0 bridgehead atoms. The summed E-state index contributed by atoms with van der Waals surface area (Å²) in [5.74, 6) is -1.25. The Hall–Kier alpha value is -0.350. The molecule has 1 N–H and O–H groups in total. The summed E-state index contributed by atoms with van der Waals surface area (Å²) < 4.78 is 0. The van der Waals surface area contributed by atoms with Gasteiger partial charge in [0.25, 0.3) is 0 Å². The smallest absolute Gasteiger partial charge is 0.545 e. The van der Waals surface area contributed by atoms with Gasteiger partial charge in [0.05, 0.1) is 12.6 Å². The van der Waals surface area contributed by atoms with Crippen LogP contribution in [0.15, 0.2) is 24.3 Å². The van der Waals surface area contributed by atoms with Gasteiger partial charge in [-0.15, -0.1) is 0 Å². The molecule has 0 aliphatic rings. The number of benzene rings is 1. The van der Waals surface area contributed by atoms with Crippen molar-refractivity contribution >= 4 is 5.97 Å². The molecule has 0 heterocycles. The van der Waals surface area contributed by atoms with Crippen molar-refractivity contribution in [2.75, 3.05) is 0 Å². The van der Waals surface area contributed by atoms with Crippen LogP contribution in [0.3, 0.4) is 0 Å². The van der Waals surface area contributed by atoms with Crippen LogP contribution in [-0.2, 0) is 6.61 Å². The topological polar surface area (TPSA) is 60.4 Å². The van der Waals surface area contributed by atoms with Crippen LogP contribution < -0.4 is 34.7 Å². The molecule has 4 heteroatoms. The molecule has 0 fully saturated rings. The summed E-state index contributed by atoms with van der Waals surface area (Å²) in [4.78, 5) is 10.4. The number of rotatable bonds is 2. The maximum atomic E-state index is 10.4. The molecule has 0 aliphatic carbocycles. The third-order valence-corrected chi connectivity index (χ3v) is 1.41. The van der Waals surface area contributed by atoms with Crippen LogP contribution in [0.2, 0.25) is 0 Å². The Labute approximate surface area is 92.3 Å². The van der Waals surface area contributed by atoms with Crippen molar-refractivity contribution in [2.24, 2.45) is 0 Å². The molecule has 12 heavy (non-hydrogen) atoms. The molecule has 0 saturated carbocycles. The number of aliphatic hydroxyl groups excluding tert-OH is 1. The van der Waals surface area contributed by atoms with Crippen LogP contribution in [0.1, 0.15) is 15.9 Å². The molecule has 58 valence electrons. The van der Waals surface area contributed by atoms with E-state index in [1.54, 1.807) is 18.2 Å². The second kappa shape index (κ2) is 5.32. The number of hydrogen-bond acceptors (Lipinski definition) is 3. The van der Waals surface area contributed by atoms with Crippen molar-refractivity contribution < 1.29 is 44.6 Å². The van der Waals surface area contributed by atoms with Crippen LogP contribution >= 0.6 is 0 Å². The number of carbonyl (C=O) groups excluding carboxylic acids is 1. The van der Waals surface area contributed by atoms with E-state index in [0.717, 1.165) is 0 Å². The summed E-state index contributed by atoms with van der Waals surface area (Å²) in [7, 11) is 0. The van der Waals surface area contributed by atoms with E-state index in [9.17, 15) is 9.90 Å². The van der Waals surface area contributed by atoms with Crippen LogP contribution in [0.4, 0.5) is 0 Å². The second-order valence-corrected chi connectivity index (χ2v) is 2.10. The van der Waals surface area contributed by atoms with Gasteiger partial charge in [0, 0.05) is 5.56 Å². The minimum Gasteiger partial charge on any atom is -0.545 e. The molecule has 0 saturated heterocycles. The summed E-state index contributed by atoms with van der Waals surface area (Å²) in [5, 5.41) is 19.0. The number of hydrogen-bond donors (Lipinski definition) is 1. The van der Waals surface area contributed by atoms with Crippen molar-refractivity contribution in [3.8, 4) is 0 Å². The molecule has 0 amide bonds. The standard InChI is InChI=1S/C8H8O3.Na/c9-5-6-3-1-2-4-7(6)8(10)11;/h1-4,9H,5H2,(H,10,11);/q;+1/p-1. The third kappa shape index (κ3) is 2.60. The minimum absolute atomic E-state index is 0. The van der Waals surface area contributed by atoms with Gasteiger partial charge in [0.15, 0.2) is 0 Å².